The van der Waals surface area contributed by atoms with Crippen molar-refractivity contribution in [2.45, 2.75) is 0 Å². The highest BCUT2D eigenvalue weighted by Gasteiger charge is 2.14. The lowest BCUT2D eigenvalue weighted by Gasteiger charge is -2.12. The molecule has 0 N–H and O–H groups in total. The molecule has 0 aliphatic heterocycles. The number of esters is 1. The summed E-state index contributed by atoms with van der Waals surface area (Å²) in [5.41, 5.74) is 0.422. The van der Waals surface area contributed by atoms with E-state index in [1.165, 1.54) is 7.11 Å². The summed E-state index contributed by atoms with van der Waals surface area (Å²) in [5.74, 6) is 0.769. The lowest BCUT2D eigenvalue weighted by Crippen LogP contribution is -2.11. The van der Waals surface area contributed by atoms with Gasteiger partial charge in [0.1, 0.15) is 17.9 Å². The van der Waals surface area contributed by atoms with E-state index in [9.17, 15) is 4.79 Å². The van der Waals surface area contributed by atoms with Crippen LogP contribution in [0, 0.1) is 0 Å². The zero-order valence-electron chi connectivity index (χ0n) is 11.9. The summed E-state index contributed by atoms with van der Waals surface area (Å²) in [5, 5.41) is 1.98. The van der Waals surface area contributed by atoms with Crippen LogP contribution in [0.1, 0.15) is 10.4 Å². The number of carbonyl (C=O) groups excluding carboxylic acids is 1. The van der Waals surface area contributed by atoms with E-state index in [4.69, 9.17) is 14.2 Å². The van der Waals surface area contributed by atoms with Crippen LogP contribution in [0.4, 0.5) is 0 Å². The molecule has 21 heavy (non-hydrogen) atoms. The highest BCUT2D eigenvalue weighted by Crippen LogP contribution is 2.26. The fourth-order valence-electron chi connectivity index (χ4n) is 1.99. The van der Waals surface area contributed by atoms with Crippen LogP contribution >= 0.6 is 12.6 Å². The van der Waals surface area contributed by atoms with Gasteiger partial charge in [0.05, 0.1) is 20.3 Å². The zero-order chi connectivity index (χ0) is 15.1. The van der Waals surface area contributed by atoms with Crippen LogP contribution in [0.3, 0.4) is 0 Å². The second-order valence-electron chi connectivity index (χ2n) is 4.37. The van der Waals surface area contributed by atoms with Crippen LogP contribution in [0.15, 0.2) is 36.4 Å². The number of fused-ring (bicyclic) bond motifs is 1. The fraction of sp³-hybridized carbons (Fsp3) is 0.312. The summed E-state index contributed by atoms with van der Waals surface area (Å²) >= 11 is 4.06. The Morgan fingerprint density at radius 3 is 2.48 bits per heavy atom. The van der Waals surface area contributed by atoms with Crippen LogP contribution in [0.25, 0.3) is 10.8 Å². The van der Waals surface area contributed by atoms with Gasteiger partial charge in [0.15, 0.2) is 0 Å². The van der Waals surface area contributed by atoms with Gasteiger partial charge in [-0.3, -0.25) is 0 Å². The molecular formula is C16H18O4S. The molecule has 0 amide bonds. The number of benzene rings is 2. The maximum Gasteiger partial charge on any atom is 0.341 e. The van der Waals surface area contributed by atoms with Gasteiger partial charge in [-0.1, -0.05) is 24.3 Å². The maximum absolute atomic E-state index is 11.9. The Hall–Kier alpha value is -1.72. The van der Waals surface area contributed by atoms with Gasteiger partial charge < -0.3 is 14.2 Å². The summed E-state index contributed by atoms with van der Waals surface area (Å²) in [6.07, 6.45) is 0. The van der Waals surface area contributed by atoms with Gasteiger partial charge in [0, 0.05) is 5.75 Å². The van der Waals surface area contributed by atoms with Crippen molar-refractivity contribution in [3.63, 3.8) is 0 Å². The summed E-state index contributed by atoms with van der Waals surface area (Å²) in [6.45, 7) is 1.40. The zero-order valence-corrected chi connectivity index (χ0v) is 12.8. The molecule has 0 radical (unpaired) electrons. The first kappa shape index (κ1) is 15.7. The van der Waals surface area contributed by atoms with E-state index in [0.717, 1.165) is 10.8 Å². The van der Waals surface area contributed by atoms with E-state index in [-0.39, 0.29) is 0 Å². The number of hydrogen-bond acceptors (Lipinski definition) is 5. The summed E-state index contributed by atoms with van der Waals surface area (Å²) in [6, 6.07) is 11.4. The molecule has 5 heteroatoms. The monoisotopic (exact) mass is 306 g/mol. The molecule has 0 heterocycles. The lowest BCUT2D eigenvalue weighted by atomic mass is 10.1. The summed E-state index contributed by atoms with van der Waals surface area (Å²) < 4.78 is 15.8. The third-order valence-corrected chi connectivity index (χ3v) is 3.16. The van der Waals surface area contributed by atoms with Crippen molar-refractivity contribution in [2.75, 3.05) is 32.7 Å². The largest absolute Gasteiger partial charge is 0.490 e. The maximum atomic E-state index is 11.9. The van der Waals surface area contributed by atoms with Gasteiger partial charge in [-0.15, -0.1) is 0 Å². The molecule has 0 spiro atoms. The van der Waals surface area contributed by atoms with Crippen molar-refractivity contribution in [3.8, 4) is 5.75 Å². The van der Waals surface area contributed by atoms with Crippen LogP contribution in [0.2, 0.25) is 0 Å². The number of thiol groups is 1. The molecule has 2 rings (SSSR count). The van der Waals surface area contributed by atoms with E-state index >= 15 is 0 Å². The molecular weight excluding hydrogens is 288 g/mol. The average Bonchev–Trinajstić information content (AvgIpc) is 2.53. The number of ether oxygens (including phenoxy) is 3. The topological polar surface area (TPSA) is 44.8 Å². The molecule has 0 unspecified atom stereocenters. The number of rotatable bonds is 7. The lowest BCUT2D eigenvalue weighted by molar-refractivity contribution is 0.0592. The normalized spacial score (nSPS) is 10.6. The van der Waals surface area contributed by atoms with Gasteiger partial charge in [-0.25, -0.2) is 4.79 Å². The van der Waals surface area contributed by atoms with Crippen molar-refractivity contribution >= 4 is 29.4 Å². The molecule has 0 saturated carbocycles. The van der Waals surface area contributed by atoms with E-state index in [0.29, 0.717) is 36.9 Å². The standard InChI is InChI=1S/C16H18O4S/c1-18-16(17)14-10-12-4-2-3-5-13(12)11-15(14)20-7-6-19-8-9-21/h2-5,10-11,21H,6-9H2,1H3. The first-order valence-electron chi connectivity index (χ1n) is 6.68. The molecule has 2 aromatic rings. The van der Waals surface area contributed by atoms with Gasteiger partial charge in [-0.2, -0.15) is 12.6 Å². The minimum atomic E-state index is -0.410. The van der Waals surface area contributed by atoms with Crippen molar-refractivity contribution in [1.29, 1.82) is 0 Å². The van der Waals surface area contributed by atoms with E-state index in [1.54, 1.807) is 6.07 Å². The van der Waals surface area contributed by atoms with E-state index < -0.39 is 5.97 Å². The quantitative estimate of drug-likeness (QED) is 0.485. The van der Waals surface area contributed by atoms with E-state index in [2.05, 4.69) is 12.6 Å². The molecule has 0 aromatic heterocycles. The number of methoxy groups -OCH3 is 1. The van der Waals surface area contributed by atoms with Gasteiger partial charge >= 0.3 is 5.97 Å². The molecule has 0 saturated heterocycles. The highest BCUT2D eigenvalue weighted by molar-refractivity contribution is 7.80. The van der Waals surface area contributed by atoms with E-state index in [1.807, 2.05) is 30.3 Å². The Kier molecular flexibility index (Phi) is 5.90. The van der Waals surface area contributed by atoms with Crippen LogP contribution in [0.5, 0.6) is 5.75 Å². The van der Waals surface area contributed by atoms with Crippen molar-refractivity contribution in [1.82, 2.24) is 0 Å². The Balaban J connectivity index is 2.20. The summed E-state index contributed by atoms with van der Waals surface area (Å²) in [4.78, 5) is 11.9. The van der Waals surface area contributed by atoms with Crippen molar-refractivity contribution in [2.24, 2.45) is 0 Å². The molecule has 0 bridgehead atoms. The molecule has 0 atom stereocenters. The summed E-state index contributed by atoms with van der Waals surface area (Å²) in [7, 11) is 1.36. The second-order valence-corrected chi connectivity index (χ2v) is 4.82. The molecule has 0 aliphatic carbocycles. The SMILES string of the molecule is COC(=O)c1cc2ccccc2cc1OCCOCCS. The molecule has 0 aliphatic rings. The smallest absolute Gasteiger partial charge is 0.341 e. The third kappa shape index (κ3) is 4.12. The Morgan fingerprint density at radius 2 is 1.81 bits per heavy atom. The number of carbonyl (C=O) groups is 1. The predicted octanol–water partition coefficient (Wildman–Crippen LogP) is 2.95. The van der Waals surface area contributed by atoms with Crippen LogP contribution in [-0.4, -0.2) is 38.7 Å². The average molecular weight is 306 g/mol. The van der Waals surface area contributed by atoms with Gasteiger partial charge in [0.2, 0.25) is 0 Å². The molecule has 4 nitrogen and oxygen atoms in total. The minimum Gasteiger partial charge on any atom is -0.490 e. The molecule has 0 fully saturated rings. The number of hydrogen-bond donors (Lipinski definition) is 1. The van der Waals surface area contributed by atoms with Gasteiger partial charge in [0.25, 0.3) is 0 Å². The second kappa shape index (κ2) is 7.90. The Labute approximate surface area is 129 Å². The van der Waals surface area contributed by atoms with Crippen LogP contribution < -0.4 is 4.74 Å². The Bertz CT molecular complexity index is 612. The van der Waals surface area contributed by atoms with Gasteiger partial charge in [-0.05, 0) is 22.9 Å². The molecule has 112 valence electrons. The minimum absolute atomic E-state index is 0.371. The third-order valence-electron chi connectivity index (χ3n) is 2.97. The highest BCUT2D eigenvalue weighted by atomic mass is 32.1. The first-order valence-corrected chi connectivity index (χ1v) is 7.32. The van der Waals surface area contributed by atoms with Crippen molar-refractivity contribution in [3.05, 3.63) is 42.0 Å². The first-order chi connectivity index (χ1) is 10.3. The fourth-order valence-corrected chi connectivity index (χ4v) is 2.11. The van der Waals surface area contributed by atoms with Crippen molar-refractivity contribution < 1.29 is 19.0 Å². The van der Waals surface area contributed by atoms with Crippen LogP contribution in [-0.2, 0) is 9.47 Å². The Morgan fingerprint density at radius 1 is 1.10 bits per heavy atom. The molecule has 2 aromatic carbocycles. The predicted molar refractivity (Wildman–Crippen MR) is 85.5 cm³/mol.